The maximum absolute atomic E-state index is 9.57. The molecule has 0 bridgehead atoms. The van der Waals surface area contributed by atoms with Crippen molar-refractivity contribution < 1.29 is 9.84 Å². The molecule has 3 aromatic rings. The lowest BCUT2D eigenvalue weighted by Gasteiger charge is -2.08. The Morgan fingerprint density at radius 1 is 1.05 bits per heavy atom. The van der Waals surface area contributed by atoms with Crippen molar-refractivity contribution in [1.82, 2.24) is 4.98 Å². The monoisotopic (exact) mass is 266 g/mol. The van der Waals surface area contributed by atoms with Crippen molar-refractivity contribution in [3.8, 4) is 11.6 Å². The minimum atomic E-state index is 0.197. The number of phenolic OH excluding ortho intramolecular Hbond substituents is 1. The second kappa shape index (κ2) is 5.09. The van der Waals surface area contributed by atoms with E-state index in [0.29, 0.717) is 12.5 Å². The Hall–Kier alpha value is -2.75. The van der Waals surface area contributed by atoms with Gasteiger partial charge >= 0.3 is 0 Å². The maximum atomic E-state index is 9.57. The Morgan fingerprint density at radius 3 is 2.65 bits per heavy atom. The van der Waals surface area contributed by atoms with Gasteiger partial charge in [0.15, 0.2) is 0 Å². The molecule has 0 amide bonds. The summed E-state index contributed by atoms with van der Waals surface area (Å²) in [6, 6.07) is 14.5. The molecule has 3 rings (SSSR count). The number of hydrogen-bond acceptors (Lipinski definition) is 4. The highest BCUT2D eigenvalue weighted by Gasteiger charge is 2.05. The summed E-state index contributed by atoms with van der Waals surface area (Å²) in [5.41, 5.74) is 7.38. The van der Waals surface area contributed by atoms with Gasteiger partial charge in [0, 0.05) is 17.3 Å². The molecule has 0 aliphatic heterocycles. The molecule has 4 nitrogen and oxygen atoms in total. The van der Waals surface area contributed by atoms with Crippen LogP contribution < -0.4 is 10.5 Å². The molecule has 0 aliphatic rings. The number of nitrogen functional groups attached to an aromatic ring is 1. The third kappa shape index (κ3) is 2.49. The number of aromatic nitrogens is 1. The van der Waals surface area contributed by atoms with E-state index in [4.69, 9.17) is 10.5 Å². The second-order valence-electron chi connectivity index (χ2n) is 4.55. The molecule has 1 heterocycles. The number of aromatic hydroxyl groups is 1. The summed E-state index contributed by atoms with van der Waals surface area (Å²) in [5.74, 6) is 0.707. The summed E-state index contributed by atoms with van der Waals surface area (Å²) in [5, 5.41) is 11.3. The fourth-order valence-electron chi connectivity index (χ4n) is 2.01. The van der Waals surface area contributed by atoms with Crippen molar-refractivity contribution in [3.05, 3.63) is 60.3 Å². The van der Waals surface area contributed by atoms with Gasteiger partial charge in [-0.15, -0.1) is 0 Å². The van der Waals surface area contributed by atoms with Crippen molar-refractivity contribution in [2.45, 2.75) is 6.61 Å². The van der Waals surface area contributed by atoms with Crippen molar-refractivity contribution in [1.29, 1.82) is 0 Å². The van der Waals surface area contributed by atoms with E-state index in [1.807, 2.05) is 36.4 Å². The number of fused-ring (bicyclic) bond motifs is 1. The predicted molar refractivity (Wildman–Crippen MR) is 78.6 cm³/mol. The maximum Gasteiger partial charge on any atom is 0.221 e. The first-order chi connectivity index (χ1) is 9.72. The predicted octanol–water partition coefficient (Wildman–Crippen LogP) is 3.10. The molecule has 0 saturated carbocycles. The SMILES string of the molecule is Nc1ccc(COc2nccc3ccc(O)cc23)cc1. The lowest BCUT2D eigenvalue weighted by atomic mass is 10.1. The Balaban J connectivity index is 1.87. The number of rotatable bonds is 3. The molecule has 0 aliphatic carbocycles. The normalized spacial score (nSPS) is 10.6. The van der Waals surface area contributed by atoms with Crippen LogP contribution in [0.1, 0.15) is 5.56 Å². The van der Waals surface area contributed by atoms with Crippen molar-refractivity contribution in [2.75, 3.05) is 5.73 Å². The van der Waals surface area contributed by atoms with Crippen LogP contribution in [0.15, 0.2) is 54.7 Å². The van der Waals surface area contributed by atoms with Crippen LogP contribution >= 0.6 is 0 Å². The molecular weight excluding hydrogens is 252 g/mol. The van der Waals surface area contributed by atoms with Gasteiger partial charge in [0.2, 0.25) is 5.88 Å². The summed E-state index contributed by atoms with van der Waals surface area (Å²) < 4.78 is 5.74. The fraction of sp³-hybridized carbons (Fsp3) is 0.0625. The van der Waals surface area contributed by atoms with Gasteiger partial charge in [0.1, 0.15) is 12.4 Å². The van der Waals surface area contributed by atoms with Crippen molar-refractivity contribution >= 4 is 16.5 Å². The van der Waals surface area contributed by atoms with E-state index in [0.717, 1.165) is 22.0 Å². The zero-order chi connectivity index (χ0) is 13.9. The van der Waals surface area contributed by atoms with Gasteiger partial charge in [-0.1, -0.05) is 18.2 Å². The van der Waals surface area contributed by atoms with Crippen LogP contribution in [-0.2, 0) is 6.61 Å². The van der Waals surface area contributed by atoms with Gasteiger partial charge < -0.3 is 15.6 Å². The highest BCUT2D eigenvalue weighted by molar-refractivity contribution is 5.87. The summed E-state index contributed by atoms with van der Waals surface area (Å²) in [4.78, 5) is 4.22. The van der Waals surface area contributed by atoms with Crippen LogP contribution in [0.4, 0.5) is 5.69 Å². The second-order valence-corrected chi connectivity index (χ2v) is 4.55. The van der Waals surface area contributed by atoms with Crippen LogP contribution in [0.3, 0.4) is 0 Å². The van der Waals surface area contributed by atoms with Gasteiger partial charge in [0.05, 0.1) is 0 Å². The number of hydrogen-bond donors (Lipinski definition) is 2. The van der Waals surface area contributed by atoms with Crippen LogP contribution in [0.5, 0.6) is 11.6 Å². The standard InChI is InChI=1S/C16H14N2O2/c17-13-4-1-11(2-5-13)10-20-16-15-9-14(19)6-3-12(15)7-8-18-16/h1-9,19H,10,17H2. The molecule has 2 aromatic carbocycles. The zero-order valence-corrected chi connectivity index (χ0v) is 10.8. The first kappa shape index (κ1) is 12.3. The molecule has 0 unspecified atom stereocenters. The Kier molecular flexibility index (Phi) is 3.13. The molecule has 0 fully saturated rings. The van der Waals surface area contributed by atoms with Crippen LogP contribution in [0.25, 0.3) is 10.8 Å². The lowest BCUT2D eigenvalue weighted by molar-refractivity contribution is 0.298. The zero-order valence-electron chi connectivity index (χ0n) is 10.8. The third-order valence-corrected chi connectivity index (χ3v) is 3.07. The van der Waals surface area contributed by atoms with Gasteiger partial charge in [-0.25, -0.2) is 4.98 Å². The Morgan fingerprint density at radius 2 is 1.85 bits per heavy atom. The molecule has 0 spiro atoms. The number of nitrogens with zero attached hydrogens (tertiary/aromatic N) is 1. The van der Waals surface area contributed by atoms with E-state index in [2.05, 4.69) is 4.98 Å². The minimum Gasteiger partial charge on any atom is -0.508 e. The lowest BCUT2D eigenvalue weighted by Crippen LogP contribution is -1.98. The van der Waals surface area contributed by atoms with Gasteiger partial charge in [-0.3, -0.25) is 0 Å². The number of pyridine rings is 1. The smallest absolute Gasteiger partial charge is 0.221 e. The fourth-order valence-corrected chi connectivity index (χ4v) is 2.01. The Bertz CT molecular complexity index is 739. The van der Waals surface area contributed by atoms with Crippen LogP contribution in [0, 0.1) is 0 Å². The van der Waals surface area contributed by atoms with Crippen molar-refractivity contribution in [3.63, 3.8) is 0 Å². The number of phenols is 1. The summed E-state index contributed by atoms with van der Waals surface area (Å²) >= 11 is 0. The van der Waals surface area contributed by atoms with Crippen LogP contribution in [0.2, 0.25) is 0 Å². The first-order valence-corrected chi connectivity index (χ1v) is 6.27. The van der Waals surface area contributed by atoms with E-state index in [1.165, 1.54) is 0 Å². The molecule has 1 aromatic heterocycles. The Labute approximate surface area is 116 Å². The largest absolute Gasteiger partial charge is 0.508 e. The molecule has 4 heteroatoms. The highest BCUT2D eigenvalue weighted by Crippen LogP contribution is 2.27. The number of benzene rings is 2. The van der Waals surface area contributed by atoms with E-state index in [9.17, 15) is 5.11 Å². The van der Waals surface area contributed by atoms with E-state index in [1.54, 1.807) is 18.3 Å². The molecule has 0 atom stereocenters. The molecule has 0 radical (unpaired) electrons. The topological polar surface area (TPSA) is 68.4 Å². The average molecular weight is 266 g/mol. The number of ether oxygens (including phenoxy) is 1. The minimum absolute atomic E-state index is 0.197. The van der Waals surface area contributed by atoms with Gasteiger partial charge in [0.25, 0.3) is 0 Å². The average Bonchev–Trinajstić information content (AvgIpc) is 2.47. The first-order valence-electron chi connectivity index (χ1n) is 6.27. The molecular formula is C16H14N2O2. The summed E-state index contributed by atoms with van der Waals surface area (Å²) in [6.07, 6.45) is 1.69. The molecule has 0 saturated heterocycles. The highest BCUT2D eigenvalue weighted by atomic mass is 16.5. The molecule has 20 heavy (non-hydrogen) atoms. The molecule has 3 N–H and O–H groups in total. The van der Waals surface area contributed by atoms with Crippen molar-refractivity contribution in [2.24, 2.45) is 0 Å². The third-order valence-electron chi connectivity index (χ3n) is 3.07. The van der Waals surface area contributed by atoms with Gasteiger partial charge in [-0.2, -0.15) is 0 Å². The summed E-state index contributed by atoms with van der Waals surface area (Å²) in [6.45, 7) is 0.405. The molecule has 100 valence electrons. The summed E-state index contributed by atoms with van der Waals surface area (Å²) in [7, 11) is 0. The number of anilines is 1. The van der Waals surface area contributed by atoms with E-state index in [-0.39, 0.29) is 5.75 Å². The van der Waals surface area contributed by atoms with Gasteiger partial charge in [-0.05, 0) is 41.3 Å². The van der Waals surface area contributed by atoms with Crippen LogP contribution in [-0.4, -0.2) is 10.1 Å². The van der Waals surface area contributed by atoms with E-state index < -0.39 is 0 Å². The van der Waals surface area contributed by atoms with E-state index >= 15 is 0 Å². The number of nitrogens with two attached hydrogens (primary N) is 1. The quantitative estimate of drug-likeness (QED) is 0.715.